The fourth-order valence-corrected chi connectivity index (χ4v) is 3.31. The average Bonchev–Trinajstić information content (AvgIpc) is 2.84. The van der Waals surface area contributed by atoms with Crippen molar-refractivity contribution in [3.8, 4) is 5.69 Å². The number of rotatable bonds is 3. The third kappa shape index (κ3) is 3.47. The average molecular weight is 347 g/mol. The molecule has 1 saturated heterocycles. The molecule has 0 spiro atoms. The highest BCUT2D eigenvalue weighted by molar-refractivity contribution is 6.30. The Kier molecular flexibility index (Phi) is 4.92. The summed E-state index contributed by atoms with van der Waals surface area (Å²) in [6.07, 6.45) is 0.401. The summed E-state index contributed by atoms with van der Waals surface area (Å²) < 4.78 is 1.88. The molecule has 1 atom stereocenters. The van der Waals surface area contributed by atoms with E-state index in [2.05, 4.69) is 17.3 Å². The molecule has 1 aromatic carbocycles. The molecule has 0 bridgehead atoms. The lowest BCUT2D eigenvalue weighted by atomic mass is 10.1. The fourth-order valence-electron chi connectivity index (χ4n) is 3.19. The molecule has 1 aliphatic heterocycles. The van der Waals surface area contributed by atoms with Gasteiger partial charge >= 0.3 is 0 Å². The standard InChI is InChI=1S/C18H23ClN4O/c1-12-11-22(9-8-20-12)18(24)10-17-13(2)21-23(14(17)3)16-6-4-15(19)5-7-16/h4-7,12,20H,8-11H2,1-3H3. The normalized spacial score (nSPS) is 18.0. The van der Waals surface area contributed by atoms with Crippen LogP contribution in [-0.2, 0) is 11.2 Å². The molecule has 1 N–H and O–H groups in total. The van der Waals surface area contributed by atoms with Crippen LogP contribution in [0.15, 0.2) is 24.3 Å². The Hall–Kier alpha value is -1.85. The van der Waals surface area contributed by atoms with Gasteiger partial charge in [-0.1, -0.05) is 11.6 Å². The molecule has 3 rings (SSSR count). The van der Waals surface area contributed by atoms with Crippen molar-refractivity contribution in [2.75, 3.05) is 19.6 Å². The number of carbonyl (C=O) groups is 1. The Labute approximate surface area is 147 Å². The molecule has 5 nitrogen and oxygen atoms in total. The zero-order chi connectivity index (χ0) is 17.3. The second-order valence-electron chi connectivity index (χ2n) is 6.41. The first-order valence-electron chi connectivity index (χ1n) is 8.28. The summed E-state index contributed by atoms with van der Waals surface area (Å²) in [5.74, 6) is 0.171. The molecule has 1 fully saturated rings. The number of carbonyl (C=O) groups excluding carboxylic acids is 1. The highest BCUT2D eigenvalue weighted by atomic mass is 35.5. The van der Waals surface area contributed by atoms with Gasteiger partial charge in [-0.05, 0) is 45.0 Å². The number of piperazine rings is 1. The molecular weight excluding hydrogens is 324 g/mol. The number of nitrogens with zero attached hydrogens (tertiary/aromatic N) is 3. The van der Waals surface area contributed by atoms with Gasteiger partial charge in [0.15, 0.2) is 0 Å². The molecule has 1 aliphatic rings. The molecule has 24 heavy (non-hydrogen) atoms. The van der Waals surface area contributed by atoms with Crippen LogP contribution in [0.2, 0.25) is 5.02 Å². The Balaban J connectivity index is 1.81. The van der Waals surface area contributed by atoms with E-state index < -0.39 is 0 Å². The smallest absolute Gasteiger partial charge is 0.227 e. The minimum absolute atomic E-state index is 0.171. The minimum Gasteiger partial charge on any atom is -0.340 e. The van der Waals surface area contributed by atoms with Crippen LogP contribution in [-0.4, -0.2) is 46.3 Å². The molecule has 2 aromatic rings. The number of halogens is 1. The Bertz CT molecular complexity index is 738. The van der Waals surface area contributed by atoms with Crippen molar-refractivity contribution >= 4 is 17.5 Å². The van der Waals surface area contributed by atoms with E-state index in [1.54, 1.807) is 0 Å². The molecule has 0 saturated carbocycles. The van der Waals surface area contributed by atoms with Crippen LogP contribution in [0.3, 0.4) is 0 Å². The van der Waals surface area contributed by atoms with E-state index in [9.17, 15) is 4.79 Å². The van der Waals surface area contributed by atoms with Crippen molar-refractivity contribution in [3.05, 3.63) is 46.2 Å². The highest BCUT2D eigenvalue weighted by Crippen LogP contribution is 2.20. The van der Waals surface area contributed by atoms with E-state index in [0.717, 1.165) is 42.3 Å². The summed E-state index contributed by atoms with van der Waals surface area (Å²) in [6, 6.07) is 7.92. The summed E-state index contributed by atoms with van der Waals surface area (Å²) in [5.41, 5.74) is 3.88. The minimum atomic E-state index is 0.171. The number of hydrogen-bond donors (Lipinski definition) is 1. The van der Waals surface area contributed by atoms with Gasteiger partial charge in [-0.3, -0.25) is 4.79 Å². The zero-order valence-electron chi connectivity index (χ0n) is 14.3. The van der Waals surface area contributed by atoms with Gasteiger partial charge in [0.25, 0.3) is 0 Å². The van der Waals surface area contributed by atoms with Crippen LogP contribution < -0.4 is 5.32 Å². The number of benzene rings is 1. The van der Waals surface area contributed by atoms with Gasteiger partial charge < -0.3 is 10.2 Å². The van der Waals surface area contributed by atoms with Gasteiger partial charge in [0.2, 0.25) is 5.91 Å². The quantitative estimate of drug-likeness (QED) is 0.929. The first-order chi connectivity index (χ1) is 11.5. The Morgan fingerprint density at radius 2 is 2.04 bits per heavy atom. The lowest BCUT2D eigenvalue weighted by molar-refractivity contribution is -0.131. The summed E-state index contributed by atoms with van der Waals surface area (Å²) in [7, 11) is 0. The maximum absolute atomic E-state index is 12.7. The van der Waals surface area contributed by atoms with Crippen LogP contribution in [0, 0.1) is 13.8 Å². The molecule has 128 valence electrons. The van der Waals surface area contributed by atoms with E-state index in [-0.39, 0.29) is 5.91 Å². The van der Waals surface area contributed by atoms with Gasteiger partial charge in [-0.15, -0.1) is 0 Å². The SMILES string of the molecule is Cc1nn(-c2ccc(Cl)cc2)c(C)c1CC(=O)N1CCNC(C)C1. The molecule has 0 radical (unpaired) electrons. The summed E-state index contributed by atoms with van der Waals surface area (Å²) >= 11 is 5.96. The fraction of sp³-hybridized carbons (Fsp3) is 0.444. The molecular formula is C18H23ClN4O. The van der Waals surface area contributed by atoms with E-state index in [0.29, 0.717) is 17.5 Å². The number of aromatic nitrogens is 2. The predicted octanol–water partition coefficient (Wildman–Crippen LogP) is 2.51. The van der Waals surface area contributed by atoms with Gasteiger partial charge in [0, 0.05) is 42.0 Å². The van der Waals surface area contributed by atoms with E-state index in [1.807, 2.05) is 47.7 Å². The molecule has 6 heteroatoms. The third-order valence-electron chi connectivity index (χ3n) is 4.56. The van der Waals surface area contributed by atoms with Crippen molar-refractivity contribution in [2.45, 2.75) is 33.2 Å². The third-order valence-corrected chi connectivity index (χ3v) is 4.81. The van der Waals surface area contributed by atoms with E-state index >= 15 is 0 Å². The maximum Gasteiger partial charge on any atom is 0.227 e. The summed E-state index contributed by atoms with van der Waals surface area (Å²) in [4.78, 5) is 14.6. The van der Waals surface area contributed by atoms with Crippen LogP contribution in [0.25, 0.3) is 5.69 Å². The largest absolute Gasteiger partial charge is 0.340 e. The second kappa shape index (κ2) is 6.95. The van der Waals surface area contributed by atoms with Crippen molar-refractivity contribution in [3.63, 3.8) is 0 Å². The first kappa shape index (κ1) is 17.0. The van der Waals surface area contributed by atoms with Gasteiger partial charge in [-0.25, -0.2) is 4.68 Å². The lowest BCUT2D eigenvalue weighted by Gasteiger charge is -2.32. The lowest BCUT2D eigenvalue weighted by Crippen LogP contribution is -2.51. The van der Waals surface area contributed by atoms with E-state index in [4.69, 9.17) is 11.6 Å². The van der Waals surface area contributed by atoms with Gasteiger partial charge in [0.05, 0.1) is 17.8 Å². The molecule has 1 amide bonds. The van der Waals surface area contributed by atoms with E-state index in [1.165, 1.54) is 0 Å². The molecule has 0 aliphatic carbocycles. The molecule has 1 unspecified atom stereocenters. The van der Waals surface area contributed by atoms with Crippen LogP contribution in [0.1, 0.15) is 23.9 Å². The van der Waals surface area contributed by atoms with Crippen LogP contribution >= 0.6 is 11.6 Å². The Morgan fingerprint density at radius 3 is 2.71 bits per heavy atom. The number of hydrogen-bond acceptors (Lipinski definition) is 3. The topological polar surface area (TPSA) is 50.2 Å². The predicted molar refractivity (Wildman–Crippen MR) is 95.8 cm³/mol. The monoisotopic (exact) mass is 346 g/mol. The summed E-state index contributed by atoms with van der Waals surface area (Å²) in [5, 5.41) is 8.67. The zero-order valence-corrected chi connectivity index (χ0v) is 15.1. The van der Waals surface area contributed by atoms with Crippen molar-refractivity contribution in [1.82, 2.24) is 20.0 Å². The van der Waals surface area contributed by atoms with Gasteiger partial charge in [-0.2, -0.15) is 5.10 Å². The van der Waals surface area contributed by atoms with Crippen molar-refractivity contribution in [2.24, 2.45) is 0 Å². The number of nitrogens with one attached hydrogen (secondary N) is 1. The van der Waals surface area contributed by atoms with Gasteiger partial charge in [0.1, 0.15) is 0 Å². The number of aryl methyl sites for hydroxylation is 1. The van der Waals surface area contributed by atoms with Crippen LogP contribution in [0.5, 0.6) is 0 Å². The van der Waals surface area contributed by atoms with Crippen molar-refractivity contribution in [1.29, 1.82) is 0 Å². The molecule has 2 heterocycles. The second-order valence-corrected chi connectivity index (χ2v) is 6.85. The van der Waals surface area contributed by atoms with Crippen LogP contribution in [0.4, 0.5) is 0 Å². The first-order valence-corrected chi connectivity index (χ1v) is 8.65. The van der Waals surface area contributed by atoms with Crippen molar-refractivity contribution < 1.29 is 4.79 Å². The summed E-state index contributed by atoms with van der Waals surface area (Å²) in [6.45, 7) is 8.47. The maximum atomic E-state index is 12.7. The number of amides is 1. The Morgan fingerprint density at radius 1 is 1.33 bits per heavy atom. The molecule has 1 aromatic heterocycles. The highest BCUT2D eigenvalue weighted by Gasteiger charge is 2.23.